The number of thiophene rings is 1. The molecule has 0 aliphatic rings. The van der Waals surface area contributed by atoms with Gasteiger partial charge in [-0.1, -0.05) is 0 Å². The van der Waals surface area contributed by atoms with Gasteiger partial charge in [0.2, 0.25) is 0 Å². The van der Waals surface area contributed by atoms with Crippen LogP contribution in [0.15, 0.2) is 27.3 Å². The van der Waals surface area contributed by atoms with Gasteiger partial charge >= 0.3 is 0 Å². The zero-order valence-corrected chi connectivity index (χ0v) is 10.9. The topological polar surface area (TPSA) is 33.4 Å². The van der Waals surface area contributed by atoms with Gasteiger partial charge in [0, 0.05) is 14.9 Å². The predicted molar refractivity (Wildman–Crippen MR) is 64.3 cm³/mol. The third-order valence-electron chi connectivity index (χ3n) is 2.28. The molecule has 0 saturated carbocycles. The fourth-order valence-electron chi connectivity index (χ4n) is 1.51. The van der Waals surface area contributed by atoms with Crippen LogP contribution in [0.1, 0.15) is 27.2 Å². The van der Waals surface area contributed by atoms with Gasteiger partial charge in [-0.2, -0.15) is 0 Å². The highest BCUT2D eigenvalue weighted by Crippen LogP contribution is 2.36. The molecular formula is C11H11BrO2S. The van der Waals surface area contributed by atoms with Crippen molar-refractivity contribution in [2.24, 2.45) is 0 Å². The van der Waals surface area contributed by atoms with E-state index < -0.39 is 6.10 Å². The van der Waals surface area contributed by atoms with Gasteiger partial charge in [-0.15, -0.1) is 11.3 Å². The van der Waals surface area contributed by atoms with E-state index in [1.165, 1.54) is 4.88 Å². The number of halogens is 1. The van der Waals surface area contributed by atoms with E-state index in [0.717, 1.165) is 20.7 Å². The number of hydrogen-bond acceptors (Lipinski definition) is 3. The first kappa shape index (κ1) is 10.9. The Balaban J connectivity index is 2.40. The van der Waals surface area contributed by atoms with Crippen molar-refractivity contribution >= 4 is 27.3 Å². The van der Waals surface area contributed by atoms with Crippen molar-refractivity contribution in [3.63, 3.8) is 0 Å². The second-order valence-corrected chi connectivity index (χ2v) is 5.55. The van der Waals surface area contributed by atoms with Gasteiger partial charge in [-0.05, 0) is 41.9 Å². The molecule has 0 bridgehead atoms. The average molecular weight is 287 g/mol. The molecule has 0 fully saturated rings. The van der Waals surface area contributed by atoms with Crippen molar-refractivity contribution < 1.29 is 9.52 Å². The predicted octanol–water partition coefficient (Wildman–Crippen LogP) is 3.80. The fraction of sp³-hybridized carbons (Fsp3) is 0.273. The van der Waals surface area contributed by atoms with Gasteiger partial charge in [0.05, 0.1) is 11.1 Å². The Kier molecular flexibility index (Phi) is 3.00. The Morgan fingerprint density at radius 2 is 2.20 bits per heavy atom. The van der Waals surface area contributed by atoms with Crippen LogP contribution in [0.25, 0.3) is 0 Å². The van der Waals surface area contributed by atoms with Crippen LogP contribution in [-0.2, 0) is 0 Å². The van der Waals surface area contributed by atoms with E-state index >= 15 is 0 Å². The first-order chi connectivity index (χ1) is 7.09. The zero-order chi connectivity index (χ0) is 11.0. The highest BCUT2D eigenvalue weighted by molar-refractivity contribution is 9.10. The molecular weight excluding hydrogens is 276 g/mol. The van der Waals surface area contributed by atoms with Crippen molar-refractivity contribution in [3.8, 4) is 0 Å². The molecule has 0 aromatic carbocycles. The van der Waals surface area contributed by atoms with Crippen molar-refractivity contribution in [1.82, 2.24) is 0 Å². The molecule has 2 nitrogen and oxygen atoms in total. The van der Waals surface area contributed by atoms with Crippen LogP contribution in [0.4, 0.5) is 0 Å². The fourth-order valence-corrected chi connectivity index (χ4v) is 3.38. The largest absolute Gasteiger partial charge is 0.469 e. The van der Waals surface area contributed by atoms with Gasteiger partial charge < -0.3 is 9.52 Å². The molecule has 4 heteroatoms. The summed E-state index contributed by atoms with van der Waals surface area (Å²) in [4.78, 5) is 2.11. The van der Waals surface area contributed by atoms with Crippen LogP contribution in [0.2, 0.25) is 0 Å². The first-order valence-electron chi connectivity index (χ1n) is 4.57. The summed E-state index contributed by atoms with van der Waals surface area (Å²) in [5.41, 5.74) is 0.831. The van der Waals surface area contributed by atoms with Crippen LogP contribution in [0, 0.1) is 13.8 Å². The van der Waals surface area contributed by atoms with E-state index in [-0.39, 0.29) is 0 Å². The van der Waals surface area contributed by atoms with Gasteiger partial charge in [0.1, 0.15) is 11.9 Å². The lowest BCUT2D eigenvalue weighted by molar-refractivity contribution is 0.221. The Morgan fingerprint density at radius 1 is 1.47 bits per heavy atom. The maximum absolute atomic E-state index is 10.2. The summed E-state index contributed by atoms with van der Waals surface area (Å²) in [6.07, 6.45) is 0.999. The third-order valence-corrected chi connectivity index (χ3v) is 4.30. The maximum Gasteiger partial charge on any atom is 0.118 e. The summed E-state index contributed by atoms with van der Waals surface area (Å²) in [6, 6.07) is 3.82. The summed E-state index contributed by atoms with van der Waals surface area (Å²) in [7, 11) is 0. The molecule has 0 aliphatic heterocycles. The standard InChI is InChI=1S/C11H11BrO2S/c1-6-5-9(12)11(15-6)10(13)8-3-4-14-7(8)2/h3-5,10,13H,1-2H3. The summed E-state index contributed by atoms with van der Waals surface area (Å²) in [5, 5.41) is 10.2. The van der Waals surface area contributed by atoms with Crippen molar-refractivity contribution in [2.75, 3.05) is 0 Å². The normalized spacial score (nSPS) is 13.1. The Morgan fingerprint density at radius 3 is 2.67 bits per heavy atom. The van der Waals surface area contributed by atoms with Gasteiger partial charge in [0.25, 0.3) is 0 Å². The minimum atomic E-state index is -0.600. The number of aryl methyl sites for hydroxylation is 2. The molecule has 2 aromatic heterocycles. The minimum Gasteiger partial charge on any atom is -0.469 e. The number of aliphatic hydroxyl groups is 1. The quantitative estimate of drug-likeness (QED) is 0.911. The zero-order valence-electron chi connectivity index (χ0n) is 8.45. The molecule has 1 unspecified atom stereocenters. The van der Waals surface area contributed by atoms with Gasteiger partial charge in [0.15, 0.2) is 0 Å². The molecule has 1 N–H and O–H groups in total. The molecule has 2 heterocycles. The lowest BCUT2D eigenvalue weighted by Gasteiger charge is -2.07. The Labute approximate surface area is 101 Å². The van der Waals surface area contributed by atoms with Crippen LogP contribution < -0.4 is 0 Å². The Bertz CT molecular complexity index is 473. The molecule has 80 valence electrons. The average Bonchev–Trinajstić information content (AvgIpc) is 2.71. The van der Waals surface area contributed by atoms with Crippen LogP contribution in [0.5, 0.6) is 0 Å². The maximum atomic E-state index is 10.2. The van der Waals surface area contributed by atoms with Gasteiger partial charge in [-0.25, -0.2) is 0 Å². The highest BCUT2D eigenvalue weighted by atomic mass is 79.9. The Hall–Kier alpha value is -0.580. The minimum absolute atomic E-state index is 0.600. The highest BCUT2D eigenvalue weighted by Gasteiger charge is 2.19. The number of rotatable bonds is 2. The molecule has 0 amide bonds. The number of aliphatic hydroxyl groups excluding tert-OH is 1. The van der Waals surface area contributed by atoms with E-state index in [4.69, 9.17) is 4.42 Å². The summed E-state index contributed by atoms with van der Waals surface area (Å²) >= 11 is 5.04. The molecule has 1 atom stereocenters. The van der Waals surface area contributed by atoms with Crippen LogP contribution in [-0.4, -0.2) is 5.11 Å². The SMILES string of the molecule is Cc1cc(Br)c(C(O)c2ccoc2C)s1. The van der Waals surface area contributed by atoms with E-state index in [2.05, 4.69) is 15.9 Å². The van der Waals surface area contributed by atoms with Crippen molar-refractivity contribution in [3.05, 3.63) is 43.9 Å². The van der Waals surface area contributed by atoms with Crippen molar-refractivity contribution in [1.29, 1.82) is 0 Å². The third kappa shape index (κ3) is 2.02. The summed E-state index contributed by atoms with van der Waals surface area (Å²) in [5.74, 6) is 0.764. The van der Waals surface area contributed by atoms with Crippen LogP contribution in [0.3, 0.4) is 0 Å². The smallest absolute Gasteiger partial charge is 0.118 e. The molecule has 15 heavy (non-hydrogen) atoms. The van der Waals surface area contributed by atoms with Crippen molar-refractivity contribution in [2.45, 2.75) is 20.0 Å². The number of furan rings is 1. The monoisotopic (exact) mass is 286 g/mol. The molecule has 0 aliphatic carbocycles. The second-order valence-electron chi connectivity index (χ2n) is 3.40. The number of hydrogen-bond donors (Lipinski definition) is 1. The molecule has 2 rings (SSSR count). The molecule has 0 saturated heterocycles. The first-order valence-corrected chi connectivity index (χ1v) is 6.18. The lowest BCUT2D eigenvalue weighted by Crippen LogP contribution is -1.97. The summed E-state index contributed by atoms with van der Waals surface area (Å²) < 4.78 is 6.14. The van der Waals surface area contributed by atoms with Crippen LogP contribution >= 0.6 is 27.3 Å². The van der Waals surface area contributed by atoms with E-state index in [9.17, 15) is 5.11 Å². The molecule has 2 aromatic rings. The lowest BCUT2D eigenvalue weighted by atomic mass is 10.1. The molecule has 0 radical (unpaired) electrons. The van der Waals surface area contributed by atoms with Gasteiger partial charge in [-0.3, -0.25) is 0 Å². The molecule has 0 spiro atoms. The van der Waals surface area contributed by atoms with E-state index in [1.807, 2.05) is 26.0 Å². The summed E-state index contributed by atoms with van der Waals surface area (Å²) in [6.45, 7) is 3.88. The second kappa shape index (κ2) is 4.12. The van der Waals surface area contributed by atoms with E-state index in [0.29, 0.717) is 0 Å². The van der Waals surface area contributed by atoms with E-state index in [1.54, 1.807) is 17.6 Å².